The molecule has 0 aromatic carbocycles. The summed E-state index contributed by atoms with van der Waals surface area (Å²) in [6, 6.07) is 2.60. The zero-order chi connectivity index (χ0) is 16.3. The number of anilines is 1. The van der Waals surface area contributed by atoms with Gasteiger partial charge in [-0.2, -0.15) is 0 Å². The Morgan fingerprint density at radius 2 is 2.27 bits per heavy atom. The number of nitrogens with zero attached hydrogens (tertiary/aromatic N) is 3. The topological polar surface area (TPSA) is 115 Å². The molecule has 1 aliphatic heterocycles. The Bertz CT molecular complexity index is 616. The van der Waals surface area contributed by atoms with Gasteiger partial charge < -0.3 is 20.2 Å². The number of amides is 2. The minimum Gasteiger partial charge on any atom is -0.477 e. The smallest absolute Gasteiger partial charge is 0.366 e. The number of nitrogens with one attached hydrogen (secondary N) is 1. The van der Waals surface area contributed by atoms with Gasteiger partial charge in [0.25, 0.3) is 11.7 Å². The lowest BCUT2D eigenvalue weighted by atomic mass is 10.2. The van der Waals surface area contributed by atoms with Gasteiger partial charge in [-0.25, -0.2) is 0 Å². The van der Waals surface area contributed by atoms with E-state index in [-0.39, 0.29) is 48.9 Å². The van der Waals surface area contributed by atoms with Gasteiger partial charge in [-0.3, -0.25) is 14.5 Å². The van der Waals surface area contributed by atoms with Crippen molar-refractivity contribution < 1.29 is 19.2 Å². The number of ether oxygens (including phenoxy) is 1. The van der Waals surface area contributed by atoms with E-state index < -0.39 is 10.8 Å². The molecule has 2 rings (SSSR count). The Kier molecular flexibility index (Phi) is 4.54. The molecule has 2 amide bonds. The highest BCUT2D eigenvalue weighted by Gasteiger charge is 2.32. The number of carbonyl (C=O) groups excluding carboxylic acids is 2. The van der Waals surface area contributed by atoms with Crippen LogP contribution < -0.4 is 15.0 Å². The average molecular weight is 308 g/mol. The molecule has 1 aliphatic rings. The molecule has 0 spiro atoms. The van der Waals surface area contributed by atoms with Gasteiger partial charge in [0.15, 0.2) is 12.4 Å². The molecule has 0 radical (unpaired) electrons. The second-order valence-corrected chi connectivity index (χ2v) is 5.05. The van der Waals surface area contributed by atoms with Crippen LogP contribution in [0.1, 0.15) is 20.3 Å². The van der Waals surface area contributed by atoms with E-state index in [1.165, 1.54) is 17.0 Å². The van der Waals surface area contributed by atoms with Crippen molar-refractivity contribution in [2.45, 2.75) is 26.3 Å². The maximum Gasteiger partial charge on any atom is 0.366 e. The van der Waals surface area contributed by atoms with Crippen LogP contribution in [0.3, 0.4) is 0 Å². The lowest BCUT2D eigenvalue weighted by Gasteiger charge is -2.25. The van der Waals surface area contributed by atoms with Crippen LogP contribution in [0, 0.1) is 10.1 Å². The van der Waals surface area contributed by atoms with Gasteiger partial charge in [0.05, 0.1) is 0 Å². The van der Waals surface area contributed by atoms with E-state index in [1.54, 1.807) is 0 Å². The van der Waals surface area contributed by atoms with Crippen LogP contribution >= 0.6 is 0 Å². The number of pyridine rings is 1. The summed E-state index contributed by atoms with van der Waals surface area (Å²) in [5.74, 6) is -0.620. The number of hydrogen-bond donors (Lipinski definition) is 1. The second-order valence-electron chi connectivity index (χ2n) is 5.05. The molecule has 0 bridgehead atoms. The Morgan fingerprint density at radius 3 is 2.91 bits per heavy atom. The van der Waals surface area contributed by atoms with Crippen molar-refractivity contribution in [2.75, 3.05) is 18.1 Å². The lowest BCUT2D eigenvalue weighted by molar-refractivity contribution is -0.389. The number of aromatic nitrogens is 1. The minimum absolute atomic E-state index is 0.000565. The molecule has 0 saturated carbocycles. The fourth-order valence-corrected chi connectivity index (χ4v) is 2.01. The summed E-state index contributed by atoms with van der Waals surface area (Å²) in [5, 5.41) is 13.5. The van der Waals surface area contributed by atoms with E-state index in [1.807, 2.05) is 13.8 Å². The normalized spacial score (nSPS) is 13.6. The maximum absolute atomic E-state index is 11.9. The number of hydrogen-bond acceptors (Lipinski definition) is 6. The quantitative estimate of drug-likeness (QED) is 0.630. The largest absolute Gasteiger partial charge is 0.477 e. The zero-order valence-corrected chi connectivity index (χ0v) is 12.2. The Labute approximate surface area is 126 Å². The standard InChI is InChI=1S/C13H16N4O5/c1-8(2)14-11(18)5-6-16-12(19)7-22-9-3-4-10(17(20)21)15-13(9)16/h3-4,8H,5-7H2,1-2H3,(H,14,18). The van der Waals surface area contributed by atoms with Crippen molar-refractivity contribution >= 4 is 23.5 Å². The predicted octanol–water partition coefficient (Wildman–Crippen LogP) is 0.630. The van der Waals surface area contributed by atoms with Gasteiger partial charge in [-0.15, -0.1) is 0 Å². The highest BCUT2D eigenvalue weighted by Crippen LogP contribution is 2.31. The summed E-state index contributed by atoms with van der Waals surface area (Å²) in [6.07, 6.45) is 0.0771. The number of fused-ring (bicyclic) bond motifs is 1. The fraction of sp³-hybridized carbons (Fsp3) is 0.462. The Morgan fingerprint density at radius 1 is 1.55 bits per heavy atom. The average Bonchev–Trinajstić information content (AvgIpc) is 2.44. The van der Waals surface area contributed by atoms with Gasteiger partial charge in [-0.05, 0) is 29.8 Å². The number of rotatable bonds is 5. The van der Waals surface area contributed by atoms with Crippen LogP contribution in [-0.2, 0) is 9.59 Å². The summed E-state index contributed by atoms with van der Waals surface area (Å²) in [6.45, 7) is 3.57. The molecule has 0 saturated heterocycles. The van der Waals surface area contributed by atoms with Crippen LogP contribution in [0.5, 0.6) is 5.75 Å². The zero-order valence-electron chi connectivity index (χ0n) is 12.2. The molecule has 1 aromatic heterocycles. The van der Waals surface area contributed by atoms with Crippen molar-refractivity contribution in [3.63, 3.8) is 0 Å². The number of nitro groups is 1. The van der Waals surface area contributed by atoms with Crippen molar-refractivity contribution in [2.24, 2.45) is 0 Å². The summed E-state index contributed by atoms with van der Waals surface area (Å²) in [4.78, 5) is 38.8. The first-order valence-electron chi connectivity index (χ1n) is 6.76. The summed E-state index contributed by atoms with van der Waals surface area (Å²) in [5.41, 5.74) is 0. The van der Waals surface area contributed by atoms with E-state index in [2.05, 4.69) is 10.3 Å². The second kappa shape index (κ2) is 6.37. The molecule has 0 atom stereocenters. The molecular weight excluding hydrogens is 292 g/mol. The summed E-state index contributed by atoms with van der Waals surface area (Å²) in [7, 11) is 0. The third-order valence-corrected chi connectivity index (χ3v) is 2.93. The SMILES string of the molecule is CC(C)NC(=O)CCN1C(=O)COc2ccc([N+](=O)[O-])nc21. The highest BCUT2D eigenvalue weighted by molar-refractivity contribution is 5.97. The maximum atomic E-state index is 11.9. The molecule has 9 heteroatoms. The molecular formula is C13H16N4O5. The molecule has 1 N–H and O–H groups in total. The monoisotopic (exact) mass is 308 g/mol. The third-order valence-electron chi connectivity index (χ3n) is 2.93. The predicted molar refractivity (Wildman–Crippen MR) is 76.6 cm³/mol. The van der Waals surface area contributed by atoms with E-state index in [0.29, 0.717) is 0 Å². The fourth-order valence-electron chi connectivity index (χ4n) is 2.01. The Hall–Kier alpha value is -2.71. The first kappa shape index (κ1) is 15.7. The first-order valence-corrected chi connectivity index (χ1v) is 6.76. The Balaban J connectivity index is 2.18. The van der Waals surface area contributed by atoms with Gasteiger partial charge in [0.1, 0.15) is 0 Å². The van der Waals surface area contributed by atoms with Crippen molar-refractivity contribution in [1.82, 2.24) is 10.3 Å². The van der Waals surface area contributed by atoms with E-state index in [0.717, 1.165) is 0 Å². The van der Waals surface area contributed by atoms with Crippen molar-refractivity contribution in [3.05, 3.63) is 22.2 Å². The van der Waals surface area contributed by atoms with Crippen LogP contribution in [-0.4, -0.2) is 40.9 Å². The molecule has 118 valence electrons. The minimum atomic E-state index is -0.650. The van der Waals surface area contributed by atoms with Gasteiger partial charge >= 0.3 is 5.82 Å². The van der Waals surface area contributed by atoms with Crippen LogP contribution in [0.15, 0.2) is 12.1 Å². The molecule has 9 nitrogen and oxygen atoms in total. The molecule has 0 fully saturated rings. The first-order chi connectivity index (χ1) is 10.4. The summed E-state index contributed by atoms with van der Waals surface area (Å²) >= 11 is 0. The van der Waals surface area contributed by atoms with E-state index in [9.17, 15) is 19.7 Å². The van der Waals surface area contributed by atoms with Gasteiger partial charge in [0.2, 0.25) is 5.91 Å². The van der Waals surface area contributed by atoms with E-state index in [4.69, 9.17) is 4.74 Å². The van der Waals surface area contributed by atoms with Gasteiger partial charge in [0, 0.05) is 25.1 Å². The van der Waals surface area contributed by atoms with Gasteiger partial charge in [-0.1, -0.05) is 0 Å². The highest BCUT2D eigenvalue weighted by atomic mass is 16.6. The van der Waals surface area contributed by atoms with Crippen LogP contribution in [0.25, 0.3) is 0 Å². The van der Waals surface area contributed by atoms with Crippen LogP contribution in [0.4, 0.5) is 11.6 Å². The summed E-state index contributed by atoms with van der Waals surface area (Å²) < 4.78 is 5.20. The molecule has 22 heavy (non-hydrogen) atoms. The van der Waals surface area contributed by atoms with Crippen LogP contribution in [0.2, 0.25) is 0 Å². The molecule has 2 heterocycles. The third kappa shape index (κ3) is 3.48. The van der Waals surface area contributed by atoms with Crippen molar-refractivity contribution in [3.8, 4) is 5.75 Å². The number of carbonyl (C=O) groups is 2. The van der Waals surface area contributed by atoms with E-state index >= 15 is 0 Å². The molecule has 1 aromatic rings. The molecule has 0 aliphatic carbocycles. The lowest BCUT2D eigenvalue weighted by Crippen LogP contribution is -2.42. The van der Waals surface area contributed by atoms with Crippen molar-refractivity contribution in [1.29, 1.82) is 0 Å². The molecule has 0 unspecified atom stereocenters.